The first kappa shape index (κ1) is 22.4. The molecular formula is C27H30ClN5O2. The lowest BCUT2D eigenvalue weighted by Gasteiger charge is -2.37. The van der Waals surface area contributed by atoms with Crippen LogP contribution < -0.4 is 4.90 Å². The summed E-state index contributed by atoms with van der Waals surface area (Å²) < 4.78 is 0. The molecule has 1 atom stereocenters. The molecule has 6 rings (SSSR count). The van der Waals surface area contributed by atoms with Crippen LogP contribution in [0.15, 0.2) is 42.6 Å². The molecule has 35 heavy (non-hydrogen) atoms. The summed E-state index contributed by atoms with van der Waals surface area (Å²) in [5.41, 5.74) is 2.60. The van der Waals surface area contributed by atoms with Crippen LogP contribution in [-0.4, -0.2) is 70.9 Å². The third-order valence-electron chi connectivity index (χ3n) is 8.33. The highest BCUT2D eigenvalue weighted by atomic mass is 35.5. The maximum absolute atomic E-state index is 13.3. The van der Waals surface area contributed by atoms with Crippen molar-refractivity contribution < 1.29 is 9.59 Å². The van der Waals surface area contributed by atoms with Crippen molar-refractivity contribution in [2.75, 3.05) is 44.2 Å². The molecule has 0 unspecified atom stereocenters. The number of hydrogen-bond donors (Lipinski definition) is 1. The Bertz CT molecular complexity index is 1270. The Morgan fingerprint density at radius 2 is 1.80 bits per heavy atom. The molecule has 2 saturated heterocycles. The quantitative estimate of drug-likeness (QED) is 0.598. The van der Waals surface area contributed by atoms with E-state index in [2.05, 4.69) is 14.9 Å². The second kappa shape index (κ2) is 8.55. The van der Waals surface area contributed by atoms with Crippen molar-refractivity contribution in [1.29, 1.82) is 0 Å². The van der Waals surface area contributed by atoms with Crippen LogP contribution in [0.2, 0.25) is 5.02 Å². The fourth-order valence-corrected chi connectivity index (χ4v) is 6.16. The SMILES string of the molecule is Cc1c(C(=O)N2CCC3(CC2)C[C@H]3C(=O)N2CCN(c3ccccn3)CC2)[nH]c2ccc(Cl)cc12. The zero-order chi connectivity index (χ0) is 24.2. The minimum absolute atomic E-state index is 0.0406. The van der Waals surface area contributed by atoms with Crippen molar-refractivity contribution in [3.8, 4) is 0 Å². The number of aromatic nitrogens is 2. The fourth-order valence-electron chi connectivity index (χ4n) is 5.99. The highest BCUT2D eigenvalue weighted by Gasteiger charge is 2.59. The molecular weight excluding hydrogens is 462 g/mol. The maximum Gasteiger partial charge on any atom is 0.270 e. The van der Waals surface area contributed by atoms with Crippen molar-refractivity contribution in [1.82, 2.24) is 19.8 Å². The summed E-state index contributed by atoms with van der Waals surface area (Å²) in [5, 5.41) is 1.66. The molecule has 0 bridgehead atoms. The number of halogens is 1. The smallest absolute Gasteiger partial charge is 0.270 e. The number of fused-ring (bicyclic) bond motifs is 1. The van der Waals surface area contributed by atoms with Crippen molar-refractivity contribution in [2.24, 2.45) is 11.3 Å². The summed E-state index contributed by atoms with van der Waals surface area (Å²) >= 11 is 6.15. The van der Waals surface area contributed by atoms with Crippen LogP contribution in [0.5, 0.6) is 0 Å². The minimum Gasteiger partial charge on any atom is -0.353 e. The van der Waals surface area contributed by atoms with Crippen molar-refractivity contribution in [3.63, 3.8) is 0 Å². The van der Waals surface area contributed by atoms with Gasteiger partial charge in [-0.25, -0.2) is 4.98 Å². The number of pyridine rings is 1. The molecule has 3 aromatic rings. The van der Waals surface area contributed by atoms with E-state index in [-0.39, 0.29) is 17.2 Å². The molecule has 1 saturated carbocycles. The molecule has 182 valence electrons. The van der Waals surface area contributed by atoms with Gasteiger partial charge in [0.1, 0.15) is 11.5 Å². The molecule has 0 radical (unpaired) electrons. The summed E-state index contributed by atoms with van der Waals surface area (Å²) in [6.07, 6.45) is 4.56. The summed E-state index contributed by atoms with van der Waals surface area (Å²) in [5.74, 6) is 1.43. The molecule has 8 heteroatoms. The van der Waals surface area contributed by atoms with Crippen molar-refractivity contribution >= 4 is 40.1 Å². The zero-order valence-electron chi connectivity index (χ0n) is 20.0. The number of carbonyl (C=O) groups excluding carboxylic acids is 2. The van der Waals surface area contributed by atoms with E-state index in [9.17, 15) is 9.59 Å². The van der Waals surface area contributed by atoms with Gasteiger partial charge in [0.25, 0.3) is 5.91 Å². The predicted molar refractivity (Wildman–Crippen MR) is 137 cm³/mol. The third-order valence-corrected chi connectivity index (χ3v) is 8.57. The van der Waals surface area contributed by atoms with E-state index >= 15 is 0 Å². The number of amides is 2. The number of piperazine rings is 1. The lowest BCUT2D eigenvalue weighted by molar-refractivity contribution is -0.134. The van der Waals surface area contributed by atoms with E-state index < -0.39 is 0 Å². The summed E-state index contributed by atoms with van der Waals surface area (Å²) in [7, 11) is 0. The van der Waals surface area contributed by atoms with E-state index in [4.69, 9.17) is 11.6 Å². The van der Waals surface area contributed by atoms with Crippen molar-refractivity contribution in [3.05, 3.63) is 58.9 Å². The molecule has 7 nitrogen and oxygen atoms in total. The van der Waals surface area contributed by atoms with Gasteiger partial charge >= 0.3 is 0 Å². The molecule has 2 aliphatic heterocycles. The van der Waals surface area contributed by atoms with Crippen LogP contribution in [0.25, 0.3) is 10.9 Å². The number of hydrogen-bond acceptors (Lipinski definition) is 4. The molecule has 4 heterocycles. The van der Waals surface area contributed by atoms with Crippen LogP contribution in [0.3, 0.4) is 0 Å². The molecule has 2 aromatic heterocycles. The van der Waals surface area contributed by atoms with Gasteiger partial charge in [0.2, 0.25) is 5.91 Å². The van der Waals surface area contributed by atoms with Crippen molar-refractivity contribution in [2.45, 2.75) is 26.2 Å². The Hall–Kier alpha value is -3.06. The van der Waals surface area contributed by atoms with E-state index in [1.54, 1.807) is 0 Å². The first-order valence-electron chi connectivity index (χ1n) is 12.5. The van der Waals surface area contributed by atoms with E-state index in [0.717, 1.165) is 67.7 Å². The highest BCUT2D eigenvalue weighted by Crippen LogP contribution is 2.60. The van der Waals surface area contributed by atoms with E-state index in [1.165, 1.54) is 0 Å². The maximum atomic E-state index is 13.3. The average molecular weight is 492 g/mol. The first-order valence-corrected chi connectivity index (χ1v) is 12.8. The number of carbonyl (C=O) groups is 2. The van der Waals surface area contributed by atoms with Gasteiger partial charge in [0.05, 0.1) is 0 Å². The molecule has 1 aliphatic carbocycles. The minimum atomic E-state index is 0.0406. The highest BCUT2D eigenvalue weighted by molar-refractivity contribution is 6.31. The van der Waals surface area contributed by atoms with Gasteiger partial charge in [0, 0.05) is 67.3 Å². The lowest BCUT2D eigenvalue weighted by Crippen LogP contribution is -2.50. The van der Waals surface area contributed by atoms with Gasteiger partial charge < -0.3 is 19.7 Å². The van der Waals surface area contributed by atoms with Crippen LogP contribution in [-0.2, 0) is 4.79 Å². The number of aryl methyl sites for hydroxylation is 1. The Morgan fingerprint density at radius 1 is 1.03 bits per heavy atom. The van der Waals surface area contributed by atoms with Gasteiger partial charge in [0.15, 0.2) is 0 Å². The summed E-state index contributed by atoms with van der Waals surface area (Å²) in [6, 6.07) is 11.6. The van der Waals surface area contributed by atoms with Gasteiger partial charge in [-0.15, -0.1) is 0 Å². The van der Waals surface area contributed by atoms with Crippen LogP contribution in [0.4, 0.5) is 5.82 Å². The average Bonchev–Trinajstić information content (AvgIpc) is 3.50. The number of nitrogens with zero attached hydrogens (tertiary/aromatic N) is 4. The Labute approximate surface area is 210 Å². The monoisotopic (exact) mass is 491 g/mol. The van der Waals surface area contributed by atoms with E-state index in [0.29, 0.717) is 29.7 Å². The molecule has 1 aromatic carbocycles. The Balaban J connectivity index is 1.05. The molecule has 2 amide bonds. The number of nitrogens with one attached hydrogen (secondary N) is 1. The number of anilines is 1. The predicted octanol–water partition coefficient (Wildman–Crippen LogP) is 4.12. The number of aromatic amines is 1. The van der Waals surface area contributed by atoms with E-state index in [1.807, 2.05) is 59.3 Å². The van der Waals surface area contributed by atoms with Crippen LogP contribution in [0, 0.1) is 18.3 Å². The number of piperidine rings is 1. The first-order chi connectivity index (χ1) is 16.9. The van der Waals surface area contributed by atoms with Crippen LogP contribution in [0.1, 0.15) is 35.3 Å². The van der Waals surface area contributed by atoms with Gasteiger partial charge in [-0.05, 0) is 67.5 Å². The second-order valence-electron chi connectivity index (χ2n) is 10.2. The number of rotatable bonds is 3. The second-order valence-corrected chi connectivity index (χ2v) is 10.7. The zero-order valence-corrected chi connectivity index (χ0v) is 20.7. The number of benzene rings is 1. The Kier molecular flexibility index (Phi) is 5.48. The molecule has 1 N–H and O–H groups in total. The lowest BCUT2D eigenvalue weighted by atomic mass is 9.90. The number of likely N-dealkylation sites (tertiary alicyclic amines) is 1. The topological polar surface area (TPSA) is 72.5 Å². The molecule has 3 aliphatic rings. The number of H-pyrrole nitrogens is 1. The van der Waals surface area contributed by atoms with Gasteiger partial charge in [-0.1, -0.05) is 17.7 Å². The third kappa shape index (κ3) is 3.96. The summed E-state index contributed by atoms with van der Waals surface area (Å²) in [4.78, 5) is 40.5. The normalized spacial score (nSPS) is 21.5. The molecule has 1 spiro atoms. The van der Waals surface area contributed by atoms with Crippen LogP contribution >= 0.6 is 11.6 Å². The standard InChI is InChI=1S/C27H30ClN5O2/c1-18-20-16-19(28)5-6-22(20)30-24(18)26(35)32-10-7-27(8-11-32)17-21(27)25(34)33-14-12-31(13-15-33)23-4-2-3-9-29-23/h2-6,9,16,21,30H,7-8,10-15,17H2,1H3/t21-/m0/s1. The Morgan fingerprint density at radius 3 is 2.51 bits per heavy atom. The van der Waals surface area contributed by atoms with Gasteiger partial charge in [-0.2, -0.15) is 0 Å². The molecule has 3 fully saturated rings. The summed E-state index contributed by atoms with van der Waals surface area (Å²) in [6.45, 7) is 6.50. The van der Waals surface area contributed by atoms with Gasteiger partial charge in [-0.3, -0.25) is 9.59 Å². The largest absolute Gasteiger partial charge is 0.353 e. The fraction of sp³-hybridized carbons (Fsp3) is 0.444.